The van der Waals surface area contributed by atoms with E-state index < -0.39 is 0 Å². The summed E-state index contributed by atoms with van der Waals surface area (Å²) < 4.78 is 5.82. The molecule has 0 radical (unpaired) electrons. The summed E-state index contributed by atoms with van der Waals surface area (Å²) in [6.07, 6.45) is 5.00. The number of ether oxygens (including phenoxy) is 1. The van der Waals surface area contributed by atoms with Crippen molar-refractivity contribution in [1.82, 2.24) is 4.98 Å². The molecule has 2 N–H and O–H groups in total. The zero-order valence-electron chi connectivity index (χ0n) is 9.30. The molecule has 4 nitrogen and oxygen atoms in total. The van der Waals surface area contributed by atoms with Gasteiger partial charge in [-0.25, -0.2) is 4.98 Å². The molecule has 2 aliphatic rings. The van der Waals surface area contributed by atoms with Gasteiger partial charge in [0.15, 0.2) is 0 Å². The maximum absolute atomic E-state index is 5.82. The van der Waals surface area contributed by atoms with Crippen LogP contribution in [0.25, 0.3) is 0 Å². The molecular weight excluding hydrogens is 202 g/mol. The van der Waals surface area contributed by atoms with Crippen LogP contribution in [0.2, 0.25) is 0 Å². The lowest BCUT2D eigenvalue weighted by Crippen LogP contribution is -2.43. The van der Waals surface area contributed by atoms with Crippen LogP contribution in [0, 0.1) is 0 Å². The van der Waals surface area contributed by atoms with E-state index in [2.05, 4.69) is 16.0 Å². The van der Waals surface area contributed by atoms with Crippen molar-refractivity contribution >= 4 is 5.82 Å². The standard InChI is InChI=1S/C12H17N3O/c13-6-9-2-1-5-14-12(9)15-7-10-3-4-11(8-15)16-10/h1-2,5,10-11H,3-4,6-8,13H2. The number of hydrogen-bond donors (Lipinski definition) is 1. The van der Waals surface area contributed by atoms with Crippen molar-refractivity contribution in [1.29, 1.82) is 0 Å². The van der Waals surface area contributed by atoms with Gasteiger partial charge in [0, 0.05) is 31.4 Å². The van der Waals surface area contributed by atoms with Crippen LogP contribution >= 0.6 is 0 Å². The first-order valence-corrected chi connectivity index (χ1v) is 5.91. The molecule has 0 saturated carbocycles. The van der Waals surface area contributed by atoms with Crippen molar-refractivity contribution in [3.05, 3.63) is 23.9 Å². The summed E-state index contributed by atoms with van der Waals surface area (Å²) in [7, 11) is 0. The molecule has 3 heterocycles. The normalized spacial score (nSPS) is 28.4. The minimum absolute atomic E-state index is 0.395. The van der Waals surface area contributed by atoms with E-state index in [4.69, 9.17) is 10.5 Å². The Morgan fingerprint density at radius 1 is 1.38 bits per heavy atom. The van der Waals surface area contributed by atoms with E-state index in [0.29, 0.717) is 18.8 Å². The van der Waals surface area contributed by atoms with Crippen LogP contribution in [0.1, 0.15) is 18.4 Å². The number of nitrogens with zero attached hydrogens (tertiary/aromatic N) is 2. The summed E-state index contributed by atoms with van der Waals surface area (Å²) in [6.45, 7) is 2.47. The second kappa shape index (κ2) is 4.03. The van der Waals surface area contributed by atoms with Crippen LogP contribution in [0.3, 0.4) is 0 Å². The SMILES string of the molecule is NCc1cccnc1N1CC2CCC(C1)O2. The maximum atomic E-state index is 5.82. The van der Waals surface area contributed by atoms with Crippen LogP contribution in [-0.4, -0.2) is 30.3 Å². The van der Waals surface area contributed by atoms with E-state index >= 15 is 0 Å². The first-order chi connectivity index (χ1) is 7.86. The molecular formula is C12H17N3O. The van der Waals surface area contributed by atoms with E-state index in [0.717, 1.165) is 24.5 Å². The van der Waals surface area contributed by atoms with Gasteiger partial charge >= 0.3 is 0 Å². The molecule has 4 heteroatoms. The van der Waals surface area contributed by atoms with Gasteiger partial charge in [-0.05, 0) is 18.9 Å². The van der Waals surface area contributed by atoms with Gasteiger partial charge in [-0.2, -0.15) is 0 Å². The summed E-state index contributed by atoms with van der Waals surface area (Å²) in [4.78, 5) is 6.79. The number of pyridine rings is 1. The van der Waals surface area contributed by atoms with Crippen molar-refractivity contribution in [3.63, 3.8) is 0 Å². The second-order valence-electron chi connectivity index (χ2n) is 4.55. The van der Waals surface area contributed by atoms with Gasteiger partial charge in [0.2, 0.25) is 0 Å². The number of aromatic nitrogens is 1. The first kappa shape index (κ1) is 10.1. The lowest BCUT2D eigenvalue weighted by atomic mass is 10.2. The van der Waals surface area contributed by atoms with Gasteiger partial charge in [0.1, 0.15) is 5.82 Å². The van der Waals surface area contributed by atoms with Crippen LogP contribution in [-0.2, 0) is 11.3 Å². The van der Waals surface area contributed by atoms with Gasteiger partial charge in [-0.1, -0.05) is 6.07 Å². The van der Waals surface area contributed by atoms with Crippen molar-refractivity contribution in [2.75, 3.05) is 18.0 Å². The minimum atomic E-state index is 0.395. The third-order valence-corrected chi connectivity index (χ3v) is 3.43. The number of hydrogen-bond acceptors (Lipinski definition) is 4. The van der Waals surface area contributed by atoms with Crippen LogP contribution in [0.4, 0.5) is 5.82 Å². The molecule has 1 aromatic heterocycles. The van der Waals surface area contributed by atoms with E-state index in [1.807, 2.05) is 12.3 Å². The van der Waals surface area contributed by atoms with Gasteiger partial charge in [0.05, 0.1) is 12.2 Å². The molecule has 2 bridgehead atoms. The topological polar surface area (TPSA) is 51.4 Å². The Bertz CT molecular complexity index is 370. The summed E-state index contributed by atoms with van der Waals surface area (Å²) in [5.41, 5.74) is 6.87. The van der Waals surface area contributed by atoms with E-state index in [1.54, 1.807) is 0 Å². The lowest BCUT2D eigenvalue weighted by molar-refractivity contribution is 0.0302. The average Bonchev–Trinajstić information content (AvgIpc) is 2.68. The monoisotopic (exact) mass is 219 g/mol. The molecule has 2 fully saturated rings. The highest BCUT2D eigenvalue weighted by Crippen LogP contribution is 2.29. The first-order valence-electron chi connectivity index (χ1n) is 5.91. The number of rotatable bonds is 2. The predicted molar refractivity (Wildman–Crippen MR) is 62.2 cm³/mol. The molecule has 16 heavy (non-hydrogen) atoms. The molecule has 1 aromatic rings. The molecule has 0 amide bonds. The quantitative estimate of drug-likeness (QED) is 0.803. The fourth-order valence-electron chi connectivity index (χ4n) is 2.66. The number of anilines is 1. The molecule has 3 rings (SSSR count). The minimum Gasteiger partial charge on any atom is -0.371 e. The zero-order valence-corrected chi connectivity index (χ0v) is 9.30. The molecule has 86 valence electrons. The van der Waals surface area contributed by atoms with Gasteiger partial charge in [-0.15, -0.1) is 0 Å². The molecule has 2 aliphatic heterocycles. The van der Waals surface area contributed by atoms with Crippen molar-refractivity contribution in [2.45, 2.75) is 31.6 Å². The van der Waals surface area contributed by atoms with Crippen molar-refractivity contribution < 1.29 is 4.74 Å². The predicted octanol–water partition coefficient (Wildman–Crippen LogP) is 0.908. The summed E-state index contributed by atoms with van der Waals surface area (Å²) in [5.74, 6) is 1.05. The Balaban J connectivity index is 1.86. The highest BCUT2D eigenvalue weighted by atomic mass is 16.5. The number of morpholine rings is 1. The third-order valence-electron chi connectivity index (χ3n) is 3.43. The average molecular weight is 219 g/mol. The third kappa shape index (κ3) is 1.68. The molecule has 2 saturated heterocycles. The Morgan fingerprint density at radius 3 is 2.81 bits per heavy atom. The van der Waals surface area contributed by atoms with E-state index in [1.165, 1.54) is 12.8 Å². The number of fused-ring (bicyclic) bond motifs is 2. The van der Waals surface area contributed by atoms with Gasteiger partial charge < -0.3 is 15.4 Å². The van der Waals surface area contributed by atoms with Crippen LogP contribution in [0.15, 0.2) is 18.3 Å². The summed E-state index contributed by atoms with van der Waals surface area (Å²) >= 11 is 0. The van der Waals surface area contributed by atoms with Gasteiger partial charge in [-0.3, -0.25) is 0 Å². The van der Waals surface area contributed by atoms with Crippen molar-refractivity contribution in [3.8, 4) is 0 Å². The molecule has 0 spiro atoms. The Labute approximate surface area is 95.4 Å². The molecule has 0 aromatic carbocycles. The van der Waals surface area contributed by atoms with Crippen LogP contribution < -0.4 is 10.6 Å². The maximum Gasteiger partial charge on any atom is 0.133 e. The Kier molecular flexibility index (Phi) is 2.53. The van der Waals surface area contributed by atoms with Gasteiger partial charge in [0.25, 0.3) is 0 Å². The van der Waals surface area contributed by atoms with Crippen molar-refractivity contribution in [2.24, 2.45) is 5.73 Å². The highest BCUT2D eigenvalue weighted by molar-refractivity contribution is 5.47. The lowest BCUT2D eigenvalue weighted by Gasteiger charge is -2.33. The molecule has 2 atom stereocenters. The zero-order chi connectivity index (χ0) is 11.0. The summed E-state index contributed by atoms with van der Waals surface area (Å²) in [6, 6.07) is 4.00. The fourth-order valence-corrected chi connectivity index (χ4v) is 2.66. The highest BCUT2D eigenvalue weighted by Gasteiger charge is 2.34. The Morgan fingerprint density at radius 2 is 2.12 bits per heavy atom. The van der Waals surface area contributed by atoms with E-state index in [9.17, 15) is 0 Å². The summed E-state index contributed by atoms with van der Waals surface area (Å²) in [5, 5.41) is 0. The molecule has 2 unspecified atom stereocenters. The van der Waals surface area contributed by atoms with Crippen LogP contribution in [0.5, 0.6) is 0 Å². The molecule has 0 aliphatic carbocycles. The van der Waals surface area contributed by atoms with E-state index in [-0.39, 0.29) is 0 Å². The smallest absolute Gasteiger partial charge is 0.133 e. The second-order valence-corrected chi connectivity index (χ2v) is 4.55. The fraction of sp³-hybridized carbons (Fsp3) is 0.583. The number of nitrogens with two attached hydrogens (primary N) is 1. The Hall–Kier alpha value is -1.13. The largest absolute Gasteiger partial charge is 0.371 e.